The lowest BCUT2D eigenvalue weighted by atomic mass is 9.99. The number of hydrogen-bond acceptors (Lipinski definition) is 1. The van der Waals surface area contributed by atoms with E-state index in [9.17, 15) is 0 Å². The van der Waals surface area contributed by atoms with Gasteiger partial charge in [0.25, 0.3) is 0 Å². The summed E-state index contributed by atoms with van der Waals surface area (Å²) in [5.41, 5.74) is 1.46. The van der Waals surface area contributed by atoms with Crippen LogP contribution in [0.25, 0.3) is 0 Å². The van der Waals surface area contributed by atoms with E-state index in [1.54, 1.807) is 0 Å². The molecule has 1 atom stereocenters. The van der Waals surface area contributed by atoms with Crippen LogP contribution >= 0.6 is 0 Å². The molecular formula is C16H28N2. The van der Waals surface area contributed by atoms with Gasteiger partial charge in [-0.25, -0.2) is 0 Å². The van der Waals surface area contributed by atoms with Crippen LogP contribution in [0.2, 0.25) is 0 Å². The maximum absolute atomic E-state index is 3.61. The topological polar surface area (TPSA) is 17.0 Å². The molecule has 0 aromatic carbocycles. The van der Waals surface area contributed by atoms with Gasteiger partial charge in [0.1, 0.15) is 0 Å². The Balaban J connectivity index is 1.84. The van der Waals surface area contributed by atoms with Crippen LogP contribution in [-0.4, -0.2) is 10.6 Å². The molecule has 1 saturated carbocycles. The van der Waals surface area contributed by atoms with E-state index in [4.69, 9.17) is 0 Å². The van der Waals surface area contributed by atoms with E-state index >= 15 is 0 Å². The standard InChI is InChI=1S/C16H28N2/c1-3-5-7-14(4-2)13-18-11-6-8-16(18)12-17-15-9-10-15/h6,8,11,14-15,17H,3-5,7,9-10,12-13H2,1-2H3. The minimum Gasteiger partial charge on any atom is -0.350 e. The molecule has 0 radical (unpaired) electrons. The third kappa shape index (κ3) is 4.16. The van der Waals surface area contributed by atoms with E-state index in [0.717, 1.165) is 18.5 Å². The Labute approximate surface area is 112 Å². The summed E-state index contributed by atoms with van der Waals surface area (Å²) >= 11 is 0. The lowest BCUT2D eigenvalue weighted by Crippen LogP contribution is -2.19. The Morgan fingerprint density at radius 2 is 2.22 bits per heavy atom. The molecule has 1 aliphatic rings. The second kappa shape index (κ2) is 6.98. The Morgan fingerprint density at radius 3 is 2.89 bits per heavy atom. The highest BCUT2D eigenvalue weighted by Crippen LogP contribution is 2.20. The lowest BCUT2D eigenvalue weighted by Gasteiger charge is -2.18. The molecular weight excluding hydrogens is 220 g/mol. The predicted molar refractivity (Wildman–Crippen MR) is 77.6 cm³/mol. The highest BCUT2D eigenvalue weighted by molar-refractivity contribution is 5.07. The molecule has 1 aliphatic carbocycles. The lowest BCUT2D eigenvalue weighted by molar-refractivity contribution is 0.384. The largest absolute Gasteiger partial charge is 0.350 e. The summed E-state index contributed by atoms with van der Waals surface area (Å²) in [5.74, 6) is 0.844. The first-order chi connectivity index (χ1) is 8.83. The third-order valence-electron chi connectivity index (χ3n) is 4.07. The minimum absolute atomic E-state index is 0.801. The van der Waals surface area contributed by atoms with Crippen molar-refractivity contribution in [1.82, 2.24) is 9.88 Å². The van der Waals surface area contributed by atoms with Crippen LogP contribution in [0.4, 0.5) is 0 Å². The van der Waals surface area contributed by atoms with Crippen LogP contribution in [0, 0.1) is 5.92 Å². The van der Waals surface area contributed by atoms with Gasteiger partial charge in [-0.2, -0.15) is 0 Å². The quantitative estimate of drug-likeness (QED) is 0.700. The Morgan fingerprint density at radius 1 is 1.39 bits per heavy atom. The number of nitrogens with one attached hydrogen (secondary N) is 1. The normalized spacial score (nSPS) is 17.0. The zero-order valence-electron chi connectivity index (χ0n) is 12.0. The highest BCUT2D eigenvalue weighted by Gasteiger charge is 2.20. The van der Waals surface area contributed by atoms with Crippen molar-refractivity contribution in [2.75, 3.05) is 0 Å². The van der Waals surface area contributed by atoms with Gasteiger partial charge in [0.05, 0.1) is 0 Å². The molecule has 1 aromatic rings. The Hall–Kier alpha value is -0.760. The summed E-state index contributed by atoms with van der Waals surface area (Å²) < 4.78 is 2.46. The maximum Gasteiger partial charge on any atom is 0.0361 e. The van der Waals surface area contributed by atoms with Gasteiger partial charge in [-0.1, -0.05) is 33.1 Å². The smallest absolute Gasteiger partial charge is 0.0361 e. The van der Waals surface area contributed by atoms with E-state index in [0.29, 0.717) is 0 Å². The SMILES string of the molecule is CCCCC(CC)Cn1cccc1CNC1CC1. The summed E-state index contributed by atoms with van der Waals surface area (Å²) in [6, 6.07) is 5.26. The molecule has 2 heteroatoms. The van der Waals surface area contributed by atoms with Gasteiger partial charge in [-0.05, 0) is 37.3 Å². The van der Waals surface area contributed by atoms with E-state index in [1.165, 1.54) is 50.8 Å². The van der Waals surface area contributed by atoms with Gasteiger partial charge in [-0.3, -0.25) is 0 Å². The molecule has 2 rings (SSSR count). The summed E-state index contributed by atoms with van der Waals surface area (Å²) in [4.78, 5) is 0. The van der Waals surface area contributed by atoms with Crippen LogP contribution in [0.1, 0.15) is 58.1 Å². The second-order valence-electron chi connectivity index (χ2n) is 5.72. The molecule has 18 heavy (non-hydrogen) atoms. The van der Waals surface area contributed by atoms with Crippen molar-refractivity contribution < 1.29 is 0 Å². The van der Waals surface area contributed by atoms with Crippen molar-refractivity contribution in [2.24, 2.45) is 5.92 Å². The van der Waals surface area contributed by atoms with Gasteiger partial charge >= 0.3 is 0 Å². The van der Waals surface area contributed by atoms with Gasteiger partial charge < -0.3 is 9.88 Å². The molecule has 1 aromatic heterocycles. The number of unbranched alkanes of at least 4 members (excludes halogenated alkanes) is 1. The van der Waals surface area contributed by atoms with Crippen LogP contribution in [0.5, 0.6) is 0 Å². The number of aromatic nitrogens is 1. The van der Waals surface area contributed by atoms with Gasteiger partial charge in [0, 0.05) is 31.0 Å². The zero-order chi connectivity index (χ0) is 12.8. The fourth-order valence-corrected chi connectivity index (χ4v) is 2.52. The third-order valence-corrected chi connectivity index (χ3v) is 4.07. The molecule has 2 nitrogen and oxygen atoms in total. The van der Waals surface area contributed by atoms with E-state index in [1.807, 2.05) is 0 Å². The molecule has 1 unspecified atom stereocenters. The second-order valence-corrected chi connectivity index (χ2v) is 5.72. The van der Waals surface area contributed by atoms with Crippen molar-refractivity contribution in [1.29, 1.82) is 0 Å². The molecule has 1 heterocycles. The summed E-state index contributed by atoms with van der Waals surface area (Å²) in [6.45, 7) is 6.85. The predicted octanol–water partition coefficient (Wildman–Crippen LogP) is 3.96. The average Bonchev–Trinajstić information content (AvgIpc) is 3.12. The molecule has 0 amide bonds. The van der Waals surface area contributed by atoms with Crippen LogP contribution in [-0.2, 0) is 13.1 Å². The summed E-state index contributed by atoms with van der Waals surface area (Å²) in [5, 5.41) is 3.61. The number of nitrogens with zero attached hydrogens (tertiary/aromatic N) is 1. The molecule has 0 saturated heterocycles. The van der Waals surface area contributed by atoms with Crippen LogP contribution in [0.15, 0.2) is 18.3 Å². The first-order valence-electron chi connectivity index (χ1n) is 7.70. The highest BCUT2D eigenvalue weighted by atomic mass is 15.0. The molecule has 1 fully saturated rings. The monoisotopic (exact) mass is 248 g/mol. The first kappa shape index (κ1) is 13.7. The molecule has 0 bridgehead atoms. The van der Waals surface area contributed by atoms with Gasteiger partial charge in [0.15, 0.2) is 0 Å². The van der Waals surface area contributed by atoms with Gasteiger partial charge in [0.2, 0.25) is 0 Å². The van der Waals surface area contributed by atoms with Crippen molar-refractivity contribution in [3.05, 3.63) is 24.0 Å². The molecule has 0 aliphatic heterocycles. The fourth-order valence-electron chi connectivity index (χ4n) is 2.52. The Kier molecular flexibility index (Phi) is 5.30. The number of rotatable bonds is 9. The average molecular weight is 248 g/mol. The van der Waals surface area contributed by atoms with Crippen LogP contribution in [0.3, 0.4) is 0 Å². The molecule has 0 spiro atoms. The van der Waals surface area contributed by atoms with Crippen molar-refractivity contribution in [3.8, 4) is 0 Å². The van der Waals surface area contributed by atoms with Gasteiger partial charge in [-0.15, -0.1) is 0 Å². The first-order valence-corrected chi connectivity index (χ1v) is 7.70. The maximum atomic E-state index is 3.61. The zero-order valence-corrected chi connectivity index (χ0v) is 12.0. The molecule has 102 valence electrons. The summed E-state index contributed by atoms with van der Waals surface area (Å²) in [6.07, 6.45) is 10.4. The van der Waals surface area contributed by atoms with Crippen molar-refractivity contribution in [3.63, 3.8) is 0 Å². The Bertz CT molecular complexity index is 339. The van der Waals surface area contributed by atoms with E-state index in [2.05, 4.69) is 42.1 Å². The van der Waals surface area contributed by atoms with Crippen LogP contribution < -0.4 is 5.32 Å². The molecule has 1 N–H and O–H groups in total. The van der Waals surface area contributed by atoms with Crippen molar-refractivity contribution in [2.45, 2.75) is 71.5 Å². The fraction of sp³-hybridized carbons (Fsp3) is 0.750. The van der Waals surface area contributed by atoms with E-state index < -0.39 is 0 Å². The summed E-state index contributed by atoms with van der Waals surface area (Å²) in [7, 11) is 0. The van der Waals surface area contributed by atoms with Crippen molar-refractivity contribution >= 4 is 0 Å². The number of hydrogen-bond donors (Lipinski definition) is 1. The minimum atomic E-state index is 0.801. The van der Waals surface area contributed by atoms with E-state index in [-0.39, 0.29) is 0 Å².